The summed E-state index contributed by atoms with van der Waals surface area (Å²) in [4.78, 5) is 47.1. The van der Waals surface area contributed by atoms with E-state index in [0.29, 0.717) is 11.1 Å². The fraction of sp³-hybridized carbons (Fsp3) is 0.200. The van der Waals surface area contributed by atoms with Crippen LogP contribution in [-0.2, 0) is 14.3 Å². The first kappa shape index (κ1) is 20.9. The number of hydrogen-bond acceptors (Lipinski definition) is 7. The quantitative estimate of drug-likeness (QED) is 0.343. The highest BCUT2D eigenvalue weighted by Crippen LogP contribution is 2.10. The molecule has 0 fully saturated rings. The molecule has 0 aliphatic rings. The Balaban J connectivity index is 1.60. The molecule has 0 aliphatic heterocycles. The van der Waals surface area contributed by atoms with E-state index in [1.165, 1.54) is 0 Å². The maximum atomic E-state index is 11.9. The fourth-order valence-corrected chi connectivity index (χ4v) is 3.41. The van der Waals surface area contributed by atoms with Crippen molar-refractivity contribution in [1.82, 2.24) is 0 Å². The zero-order chi connectivity index (χ0) is 19.5. The second-order valence-electron chi connectivity index (χ2n) is 5.41. The van der Waals surface area contributed by atoms with Gasteiger partial charge in [-0.1, -0.05) is 60.7 Å². The molecular weight excluding hydrogens is 384 g/mol. The van der Waals surface area contributed by atoms with Gasteiger partial charge in [-0.2, -0.15) is 0 Å². The van der Waals surface area contributed by atoms with Gasteiger partial charge in [0.1, 0.15) is 0 Å². The Labute approximate surface area is 165 Å². The minimum absolute atomic E-state index is 0.0854. The molecule has 0 unspecified atom stereocenters. The molecule has 27 heavy (non-hydrogen) atoms. The molecule has 2 rings (SSSR count). The summed E-state index contributed by atoms with van der Waals surface area (Å²) >= 11 is 2.19. The number of hydrogen-bond donors (Lipinski definition) is 0. The van der Waals surface area contributed by atoms with Crippen molar-refractivity contribution in [3.8, 4) is 0 Å². The molecule has 5 nitrogen and oxygen atoms in total. The molecule has 140 valence electrons. The lowest BCUT2D eigenvalue weighted by Crippen LogP contribution is -2.17. The van der Waals surface area contributed by atoms with Gasteiger partial charge >= 0.3 is 11.9 Å². The smallest absolute Gasteiger partial charge is 0.323 e. The Hall–Kier alpha value is -2.38. The average molecular weight is 402 g/mol. The normalized spacial score (nSPS) is 10.2. The summed E-state index contributed by atoms with van der Waals surface area (Å²) in [5.74, 6) is -1.47. The van der Waals surface area contributed by atoms with E-state index in [-0.39, 0.29) is 34.6 Å². The summed E-state index contributed by atoms with van der Waals surface area (Å²) < 4.78 is 4.68. The highest BCUT2D eigenvalue weighted by Gasteiger charge is 2.14. The van der Waals surface area contributed by atoms with Gasteiger partial charge in [-0.25, -0.2) is 0 Å². The van der Waals surface area contributed by atoms with Crippen molar-refractivity contribution >= 4 is 47.0 Å². The molecule has 0 amide bonds. The highest BCUT2D eigenvalue weighted by molar-refractivity contribution is 8.00. The third-order valence-corrected chi connectivity index (χ3v) is 5.14. The van der Waals surface area contributed by atoms with Gasteiger partial charge in [-0.15, -0.1) is 23.5 Å². The van der Waals surface area contributed by atoms with Crippen LogP contribution in [0.15, 0.2) is 60.7 Å². The molecule has 2 aromatic carbocycles. The van der Waals surface area contributed by atoms with Crippen molar-refractivity contribution < 1.29 is 23.9 Å². The second kappa shape index (κ2) is 11.4. The molecule has 0 spiro atoms. The van der Waals surface area contributed by atoms with Crippen molar-refractivity contribution in [2.45, 2.75) is 0 Å². The number of Topliss-reactive ketones (excluding diaryl/α,β-unsaturated/α-hetero) is 2. The number of ketones is 2. The van der Waals surface area contributed by atoms with Crippen LogP contribution in [0.5, 0.6) is 0 Å². The summed E-state index contributed by atoms with van der Waals surface area (Å²) in [7, 11) is 0. The topological polar surface area (TPSA) is 77.5 Å². The first-order chi connectivity index (χ1) is 13.1. The molecule has 0 aliphatic carbocycles. The number of carbonyl (C=O) groups excluding carboxylic acids is 4. The van der Waals surface area contributed by atoms with Crippen LogP contribution in [0.1, 0.15) is 20.7 Å². The standard InChI is InChI=1S/C20H18O5S2/c21-17(15-7-3-1-4-8-15)11-26-13-19(23)25-20(24)14-27-12-18(22)16-9-5-2-6-10-16/h1-10H,11-14H2. The molecule has 0 radical (unpaired) electrons. The van der Waals surface area contributed by atoms with E-state index < -0.39 is 11.9 Å². The van der Waals surface area contributed by atoms with Crippen LogP contribution in [-0.4, -0.2) is 46.5 Å². The summed E-state index contributed by atoms with van der Waals surface area (Å²) in [6, 6.07) is 17.5. The summed E-state index contributed by atoms with van der Waals surface area (Å²) in [5, 5.41) is 0. The Kier molecular flexibility index (Phi) is 8.80. The SMILES string of the molecule is O=C(CSCC(=O)c1ccccc1)OC(=O)CSCC(=O)c1ccccc1. The molecule has 0 N–H and O–H groups in total. The first-order valence-electron chi connectivity index (χ1n) is 8.12. The number of esters is 2. The molecule has 0 aromatic heterocycles. The predicted molar refractivity (Wildman–Crippen MR) is 107 cm³/mol. The number of thioether (sulfide) groups is 2. The molecule has 0 saturated carbocycles. The second-order valence-corrected chi connectivity index (χ2v) is 7.38. The van der Waals surface area contributed by atoms with Gasteiger partial charge < -0.3 is 4.74 Å². The average Bonchev–Trinajstić information content (AvgIpc) is 2.69. The van der Waals surface area contributed by atoms with Gasteiger partial charge in [-0.3, -0.25) is 19.2 Å². The van der Waals surface area contributed by atoms with Crippen LogP contribution in [0.3, 0.4) is 0 Å². The molecule has 0 saturated heterocycles. The molecule has 0 atom stereocenters. The van der Waals surface area contributed by atoms with Gasteiger partial charge in [0, 0.05) is 11.1 Å². The lowest BCUT2D eigenvalue weighted by molar-refractivity contribution is -0.155. The van der Waals surface area contributed by atoms with Gasteiger partial charge in [-0.05, 0) is 0 Å². The van der Waals surface area contributed by atoms with E-state index >= 15 is 0 Å². The summed E-state index contributed by atoms with van der Waals surface area (Å²) in [6.45, 7) is 0. The van der Waals surface area contributed by atoms with Crippen LogP contribution >= 0.6 is 23.5 Å². The third kappa shape index (κ3) is 7.80. The lowest BCUT2D eigenvalue weighted by Gasteiger charge is -2.04. The van der Waals surface area contributed by atoms with E-state index in [0.717, 1.165) is 23.5 Å². The number of rotatable bonds is 10. The Morgan fingerprint density at radius 1 is 0.593 bits per heavy atom. The molecule has 0 heterocycles. The van der Waals surface area contributed by atoms with Crippen molar-refractivity contribution in [1.29, 1.82) is 0 Å². The number of benzene rings is 2. The maximum absolute atomic E-state index is 11.9. The van der Waals surface area contributed by atoms with E-state index in [1.807, 2.05) is 12.1 Å². The Morgan fingerprint density at radius 3 is 1.33 bits per heavy atom. The Morgan fingerprint density at radius 2 is 0.963 bits per heavy atom. The van der Waals surface area contributed by atoms with E-state index in [1.54, 1.807) is 48.5 Å². The predicted octanol–water partition coefficient (Wildman–Crippen LogP) is 3.29. The number of carbonyl (C=O) groups is 4. The Bertz CT molecular complexity index is 723. The van der Waals surface area contributed by atoms with Crippen molar-refractivity contribution in [2.24, 2.45) is 0 Å². The summed E-state index contributed by atoms with van der Waals surface area (Å²) in [6.07, 6.45) is 0. The fourth-order valence-electron chi connectivity index (χ4n) is 2.05. The maximum Gasteiger partial charge on any atom is 0.323 e. The minimum Gasteiger partial charge on any atom is -0.392 e. The highest BCUT2D eigenvalue weighted by atomic mass is 32.2. The molecular formula is C20H18O5S2. The zero-order valence-corrected chi connectivity index (χ0v) is 16.1. The lowest BCUT2D eigenvalue weighted by atomic mass is 10.2. The molecule has 0 bridgehead atoms. The van der Waals surface area contributed by atoms with Crippen LogP contribution in [0.25, 0.3) is 0 Å². The van der Waals surface area contributed by atoms with E-state index in [4.69, 9.17) is 0 Å². The van der Waals surface area contributed by atoms with Crippen LogP contribution in [0.4, 0.5) is 0 Å². The largest absolute Gasteiger partial charge is 0.392 e. The van der Waals surface area contributed by atoms with Crippen LogP contribution in [0.2, 0.25) is 0 Å². The van der Waals surface area contributed by atoms with Gasteiger partial charge in [0.25, 0.3) is 0 Å². The van der Waals surface area contributed by atoms with Crippen LogP contribution in [0, 0.1) is 0 Å². The van der Waals surface area contributed by atoms with E-state index in [2.05, 4.69) is 4.74 Å². The number of ether oxygens (including phenoxy) is 1. The third-order valence-electron chi connectivity index (χ3n) is 3.33. The minimum atomic E-state index is -0.694. The zero-order valence-electron chi connectivity index (χ0n) is 14.5. The first-order valence-corrected chi connectivity index (χ1v) is 10.4. The van der Waals surface area contributed by atoms with E-state index in [9.17, 15) is 19.2 Å². The van der Waals surface area contributed by atoms with Crippen molar-refractivity contribution in [3.05, 3.63) is 71.8 Å². The molecule has 2 aromatic rings. The van der Waals surface area contributed by atoms with Gasteiger partial charge in [0.15, 0.2) is 11.6 Å². The molecule has 7 heteroatoms. The van der Waals surface area contributed by atoms with Crippen molar-refractivity contribution in [2.75, 3.05) is 23.0 Å². The van der Waals surface area contributed by atoms with Gasteiger partial charge in [0.05, 0.1) is 23.0 Å². The monoisotopic (exact) mass is 402 g/mol. The van der Waals surface area contributed by atoms with Gasteiger partial charge in [0.2, 0.25) is 0 Å². The summed E-state index contributed by atoms with van der Waals surface area (Å²) in [5.41, 5.74) is 1.16. The van der Waals surface area contributed by atoms with Crippen molar-refractivity contribution in [3.63, 3.8) is 0 Å². The van der Waals surface area contributed by atoms with Crippen LogP contribution < -0.4 is 0 Å².